The largest absolute Gasteiger partial charge is 0.485 e. The van der Waals surface area contributed by atoms with E-state index in [4.69, 9.17) is 13.9 Å². The molecule has 1 N–H and O–H groups in total. The number of anilines is 1. The summed E-state index contributed by atoms with van der Waals surface area (Å²) >= 11 is 0. The van der Waals surface area contributed by atoms with Gasteiger partial charge in [-0.1, -0.05) is 18.2 Å². The number of rotatable bonds is 7. The van der Waals surface area contributed by atoms with Gasteiger partial charge in [-0.15, -0.1) is 0 Å². The van der Waals surface area contributed by atoms with Crippen LogP contribution >= 0.6 is 0 Å². The van der Waals surface area contributed by atoms with Gasteiger partial charge in [-0.2, -0.15) is 5.10 Å². The van der Waals surface area contributed by atoms with Crippen molar-refractivity contribution in [3.8, 4) is 5.75 Å². The van der Waals surface area contributed by atoms with Crippen molar-refractivity contribution < 1.29 is 23.5 Å². The lowest BCUT2D eigenvalue weighted by atomic mass is 10.2. The van der Waals surface area contributed by atoms with E-state index >= 15 is 0 Å². The van der Waals surface area contributed by atoms with Gasteiger partial charge in [0, 0.05) is 7.05 Å². The smallest absolute Gasteiger partial charge is 0.343 e. The number of ether oxygens (including phenoxy) is 2. The highest BCUT2D eigenvalue weighted by atomic mass is 16.5. The molecule has 3 rings (SSSR count). The zero-order valence-corrected chi connectivity index (χ0v) is 15.9. The van der Waals surface area contributed by atoms with E-state index in [9.17, 15) is 9.59 Å². The molecule has 8 heteroatoms. The van der Waals surface area contributed by atoms with Crippen LogP contribution in [0.25, 0.3) is 0 Å². The maximum Gasteiger partial charge on any atom is 0.343 e. The predicted molar refractivity (Wildman–Crippen MR) is 101 cm³/mol. The second kappa shape index (κ2) is 8.43. The van der Waals surface area contributed by atoms with Gasteiger partial charge in [0.2, 0.25) is 0 Å². The zero-order chi connectivity index (χ0) is 20.1. The van der Waals surface area contributed by atoms with Crippen molar-refractivity contribution >= 4 is 17.7 Å². The molecule has 1 amide bonds. The lowest BCUT2D eigenvalue weighted by Crippen LogP contribution is -2.17. The Morgan fingerprint density at radius 2 is 2.00 bits per heavy atom. The third-order valence-electron chi connectivity index (χ3n) is 4.02. The van der Waals surface area contributed by atoms with E-state index in [1.54, 1.807) is 26.1 Å². The molecule has 0 atom stereocenters. The summed E-state index contributed by atoms with van der Waals surface area (Å²) < 4.78 is 17.6. The number of furan rings is 1. The summed E-state index contributed by atoms with van der Waals surface area (Å²) in [4.78, 5) is 24.5. The van der Waals surface area contributed by atoms with Gasteiger partial charge >= 0.3 is 5.97 Å². The van der Waals surface area contributed by atoms with Crippen LogP contribution in [0.5, 0.6) is 5.75 Å². The number of hydrogen-bond donors (Lipinski definition) is 1. The molecule has 0 aliphatic rings. The molecular weight excluding hydrogens is 362 g/mol. The number of para-hydroxylation sites is 1. The van der Waals surface area contributed by atoms with E-state index in [0.29, 0.717) is 5.76 Å². The van der Waals surface area contributed by atoms with Gasteiger partial charge in [0.15, 0.2) is 5.76 Å². The average molecular weight is 383 g/mol. The summed E-state index contributed by atoms with van der Waals surface area (Å²) in [5.74, 6) is 0.522. The number of amides is 1. The molecular formula is C20H21N3O5. The van der Waals surface area contributed by atoms with Crippen LogP contribution in [0, 0.1) is 6.92 Å². The standard InChI is InChI=1S/C20H21N3O5/c1-4-26-20(25)15-11-21-23(3)18(15)22-19(24)17-10-9-14(28-17)12-27-16-8-6-5-7-13(16)2/h5-11H,4,12H2,1-3H3,(H,22,24). The molecule has 0 unspecified atom stereocenters. The number of aromatic nitrogens is 2. The molecule has 0 aliphatic carbocycles. The molecule has 0 radical (unpaired) electrons. The Bertz CT molecular complexity index is 989. The SMILES string of the molecule is CCOC(=O)c1cnn(C)c1NC(=O)c1ccc(COc2ccccc2C)o1. The Labute approximate surface area is 162 Å². The fraction of sp³-hybridized carbons (Fsp3) is 0.250. The van der Waals surface area contributed by atoms with Gasteiger partial charge in [-0.05, 0) is 37.6 Å². The fourth-order valence-electron chi connectivity index (χ4n) is 2.56. The monoisotopic (exact) mass is 383 g/mol. The molecule has 2 heterocycles. The summed E-state index contributed by atoms with van der Waals surface area (Å²) in [6, 6.07) is 10.9. The van der Waals surface area contributed by atoms with E-state index < -0.39 is 11.9 Å². The fourth-order valence-corrected chi connectivity index (χ4v) is 2.56. The number of benzene rings is 1. The van der Waals surface area contributed by atoms with Crippen LogP contribution in [0.4, 0.5) is 5.82 Å². The Morgan fingerprint density at radius 3 is 2.75 bits per heavy atom. The molecule has 0 bridgehead atoms. The normalized spacial score (nSPS) is 10.5. The van der Waals surface area contributed by atoms with E-state index in [1.165, 1.54) is 10.9 Å². The first-order valence-electron chi connectivity index (χ1n) is 8.77. The third-order valence-corrected chi connectivity index (χ3v) is 4.02. The van der Waals surface area contributed by atoms with Crippen molar-refractivity contribution in [1.82, 2.24) is 9.78 Å². The van der Waals surface area contributed by atoms with E-state index in [0.717, 1.165) is 11.3 Å². The minimum absolute atomic E-state index is 0.0967. The molecule has 28 heavy (non-hydrogen) atoms. The van der Waals surface area contributed by atoms with Crippen molar-refractivity contribution in [3.63, 3.8) is 0 Å². The minimum Gasteiger partial charge on any atom is -0.485 e. The van der Waals surface area contributed by atoms with Gasteiger partial charge in [-0.25, -0.2) is 4.79 Å². The highest BCUT2D eigenvalue weighted by Crippen LogP contribution is 2.20. The average Bonchev–Trinajstić information content (AvgIpc) is 3.29. The van der Waals surface area contributed by atoms with Gasteiger partial charge in [0.25, 0.3) is 5.91 Å². The second-order valence-corrected chi connectivity index (χ2v) is 6.03. The topological polar surface area (TPSA) is 95.6 Å². The summed E-state index contributed by atoms with van der Waals surface area (Å²) in [6.07, 6.45) is 1.34. The quantitative estimate of drug-likeness (QED) is 0.629. The summed E-state index contributed by atoms with van der Waals surface area (Å²) in [6.45, 7) is 4.07. The van der Waals surface area contributed by atoms with Gasteiger partial charge in [0.05, 0.1) is 12.8 Å². The maximum atomic E-state index is 12.5. The van der Waals surface area contributed by atoms with Crippen LogP contribution in [0.3, 0.4) is 0 Å². The lowest BCUT2D eigenvalue weighted by Gasteiger charge is -2.08. The molecule has 0 spiro atoms. The first kappa shape index (κ1) is 19.2. The molecule has 0 saturated carbocycles. The van der Waals surface area contributed by atoms with Gasteiger partial charge in [0.1, 0.15) is 29.5 Å². The van der Waals surface area contributed by atoms with Crippen molar-refractivity contribution in [1.29, 1.82) is 0 Å². The van der Waals surface area contributed by atoms with Crippen molar-refractivity contribution in [2.45, 2.75) is 20.5 Å². The number of aryl methyl sites for hydroxylation is 2. The second-order valence-electron chi connectivity index (χ2n) is 6.03. The molecule has 1 aromatic carbocycles. The van der Waals surface area contributed by atoms with E-state index in [1.807, 2.05) is 31.2 Å². The van der Waals surface area contributed by atoms with Crippen molar-refractivity contribution in [3.05, 3.63) is 65.2 Å². The van der Waals surface area contributed by atoms with E-state index in [2.05, 4.69) is 10.4 Å². The number of nitrogens with zero attached hydrogens (tertiary/aromatic N) is 2. The summed E-state index contributed by atoms with van der Waals surface area (Å²) in [5.41, 5.74) is 1.18. The van der Waals surface area contributed by atoms with Gasteiger partial charge in [-0.3, -0.25) is 9.48 Å². The number of hydrogen-bond acceptors (Lipinski definition) is 6. The van der Waals surface area contributed by atoms with Gasteiger partial charge < -0.3 is 19.2 Å². The highest BCUT2D eigenvalue weighted by Gasteiger charge is 2.21. The number of esters is 1. The van der Waals surface area contributed by atoms with Crippen molar-refractivity contribution in [2.75, 3.05) is 11.9 Å². The van der Waals surface area contributed by atoms with Crippen LogP contribution in [-0.2, 0) is 18.4 Å². The molecule has 8 nitrogen and oxygen atoms in total. The maximum absolute atomic E-state index is 12.5. The Hall–Kier alpha value is -3.55. The summed E-state index contributed by atoms with van der Waals surface area (Å²) in [5, 5.41) is 6.63. The third kappa shape index (κ3) is 4.22. The Morgan fingerprint density at radius 1 is 1.21 bits per heavy atom. The first-order chi connectivity index (χ1) is 13.5. The highest BCUT2D eigenvalue weighted by molar-refractivity contribution is 6.05. The molecule has 146 valence electrons. The molecule has 2 aromatic heterocycles. The predicted octanol–water partition coefficient (Wildman–Crippen LogP) is 3.33. The minimum atomic E-state index is -0.558. The number of nitrogens with one attached hydrogen (secondary N) is 1. The van der Waals surface area contributed by atoms with Crippen LogP contribution in [0.2, 0.25) is 0 Å². The molecule has 0 saturated heterocycles. The summed E-state index contributed by atoms with van der Waals surface area (Å²) in [7, 11) is 1.61. The molecule has 3 aromatic rings. The van der Waals surface area contributed by atoms with Crippen LogP contribution in [-0.4, -0.2) is 28.3 Å². The van der Waals surface area contributed by atoms with Crippen LogP contribution in [0.1, 0.15) is 39.2 Å². The number of carbonyl (C=O) groups is 2. The van der Waals surface area contributed by atoms with E-state index in [-0.39, 0.29) is 30.4 Å². The Kier molecular flexibility index (Phi) is 5.78. The first-order valence-corrected chi connectivity index (χ1v) is 8.77. The van der Waals surface area contributed by atoms with Crippen LogP contribution < -0.4 is 10.1 Å². The molecule has 0 aliphatic heterocycles. The van der Waals surface area contributed by atoms with Crippen molar-refractivity contribution in [2.24, 2.45) is 7.05 Å². The zero-order valence-electron chi connectivity index (χ0n) is 15.9. The molecule has 0 fully saturated rings. The Balaban J connectivity index is 1.67. The lowest BCUT2D eigenvalue weighted by molar-refractivity contribution is 0.0527. The number of carbonyl (C=O) groups excluding carboxylic acids is 2. The van der Waals surface area contributed by atoms with Crippen LogP contribution in [0.15, 0.2) is 47.0 Å².